The monoisotopic (exact) mass is 436 g/mol. The largest absolute Gasteiger partial charge is 0.356 e. The molecule has 32 heavy (non-hydrogen) atoms. The van der Waals surface area contributed by atoms with Crippen molar-refractivity contribution < 1.29 is 9.32 Å². The SMILES string of the molecule is Cc1cc(-c2cnc3cc(C)nn3c2[C@H]2CCCN(CC(=O)N3CCCCCC3)C2)on1. The Hall–Kier alpha value is -2.74. The summed E-state index contributed by atoms with van der Waals surface area (Å²) in [7, 11) is 0. The lowest BCUT2D eigenvalue weighted by Crippen LogP contribution is -2.44. The molecule has 0 saturated carbocycles. The van der Waals surface area contributed by atoms with Gasteiger partial charge in [-0.15, -0.1) is 0 Å². The number of fused-ring (bicyclic) bond motifs is 1. The van der Waals surface area contributed by atoms with Gasteiger partial charge in [0.25, 0.3) is 0 Å². The molecule has 5 heterocycles. The molecule has 2 fully saturated rings. The van der Waals surface area contributed by atoms with Gasteiger partial charge in [0.05, 0.1) is 29.2 Å². The molecule has 1 amide bonds. The van der Waals surface area contributed by atoms with Crippen molar-refractivity contribution in [1.29, 1.82) is 0 Å². The lowest BCUT2D eigenvalue weighted by atomic mass is 9.91. The first-order chi connectivity index (χ1) is 15.6. The minimum Gasteiger partial charge on any atom is -0.356 e. The molecule has 0 aromatic carbocycles. The normalized spacial score (nSPS) is 20.6. The quantitative estimate of drug-likeness (QED) is 0.622. The lowest BCUT2D eigenvalue weighted by molar-refractivity contribution is -0.132. The number of carbonyl (C=O) groups excluding carboxylic acids is 1. The fraction of sp³-hybridized carbons (Fsp3) is 0.583. The van der Waals surface area contributed by atoms with E-state index in [0.29, 0.717) is 6.54 Å². The Bertz CT molecular complexity index is 1100. The highest BCUT2D eigenvalue weighted by Gasteiger charge is 2.30. The summed E-state index contributed by atoms with van der Waals surface area (Å²) in [6, 6.07) is 3.95. The number of carbonyl (C=O) groups is 1. The van der Waals surface area contributed by atoms with Crippen LogP contribution in [0, 0.1) is 13.8 Å². The van der Waals surface area contributed by atoms with E-state index in [1.54, 1.807) is 0 Å². The Balaban J connectivity index is 1.42. The molecule has 3 aromatic rings. The molecule has 0 bridgehead atoms. The van der Waals surface area contributed by atoms with E-state index in [1.165, 1.54) is 12.8 Å². The van der Waals surface area contributed by atoms with Crippen molar-refractivity contribution in [2.75, 3.05) is 32.7 Å². The molecular weight excluding hydrogens is 404 g/mol. The predicted molar refractivity (Wildman–Crippen MR) is 121 cm³/mol. The first-order valence-electron chi connectivity index (χ1n) is 11.9. The summed E-state index contributed by atoms with van der Waals surface area (Å²) in [5, 5.41) is 8.83. The Morgan fingerprint density at radius 1 is 1.06 bits per heavy atom. The second-order valence-corrected chi connectivity index (χ2v) is 9.31. The van der Waals surface area contributed by atoms with E-state index < -0.39 is 0 Å². The zero-order chi connectivity index (χ0) is 22.1. The van der Waals surface area contributed by atoms with Gasteiger partial charge >= 0.3 is 0 Å². The maximum atomic E-state index is 13.0. The van der Waals surface area contributed by atoms with Crippen LogP contribution >= 0.6 is 0 Å². The third kappa shape index (κ3) is 4.28. The van der Waals surface area contributed by atoms with E-state index in [-0.39, 0.29) is 11.8 Å². The average Bonchev–Trinajstić information content (AvgIpc) is 3.27. The van der Waals surface area contributed by atoms with Crippen LogP contribution in [0.2, 0.25) is 0 Å². The number of likely N-dealkylation sites (tertiary alicyclic amines) is 2. The van der Waals surface area contributed by atoms with Gasteiger partial charge in [0.1, 0.15) is 0 Å². The Kier molecular flexibility index (Phi) is 5.95. The van der Waals surface area contributed by atoms with Gasteiger partial charge in [-0.25, -0.2) is 9.50 Å². The minimum atomic E-state index is 0.242. The van der Waals surface area contributed by atoms with Crippen molar-refractivity contribution in [3.05, 3.63) is 35.4 Å². The topological polar surface area (TPSA) is 79.8 Å². The Morgan fingerprint density at radius 3 is 2.62 bits per heavy atom. The van der Waals surface area contributed by atoms with Crippen LogP contribution in [0.15, 0.2) is 22.9 Å². The number of rotatable bonds is 4. The molecule has 0 spiro atoms. The maximum Gasteiger partial charge on any atom is 0.236 e. The summed E-state index contributed by atoms with van der Waals surface area (Å²) in [6.07, 6.45) is 8.71. The molecule has 1 atom stereocenters. The van der Waals surface area contributed by atoms with E-state index in [9.17, 15) is 4.79 Å². The second-order valence-electron chi connectivity index (χ2n) is 9.31. The molecule has 0 radical (unpaired) electrons. The number of piperidine rings is 1. The Morgan fingerprint density at radius 2 is 1.88 bits per heavy atom. The zero-order valence-corrected chi connectivity index (χ0v) is 19.1. The van der Waals surface area contributed by atoms with Crippen LogP contribution in [0.25, 0.3) is 17.0 Å². The van der Waals surface area contributed by atoms with E-state index in [2.05, 4.69) is 19.9 Å². The smallest absolute Gasteiger partial charge is 0.236 e. The standard InChI is InChI=1S/C24H32N6O2/c1-17-13-22-25-14-20(21-12-18(2)27-32-21)24(30(22)26-17)19-8-7-9-28(15-19)16-23(31)29-10-5-3-4-6-11-29/h12-14,19H,3-11,15-16H2,1-2H3/t19-/m0/s1. The van der Waals surface area contributed by atoms with E-state index in [1.807, 2.05) is 36.7 Å². The molecule has 2 aliphatic heterocycles. The molecule has 8 nitrogen and oxygen atoms in total. The molecule has 5 rings (SSSR count). The van der Waals surface area contributed by atoms with E-state index in [4.69, 9.17) is 9.62 Å². The highest BCUT2D eigenvalue weighted by molar-refractivity contribution is 5.78. The van der Waals surface area contributed by atoms with Crippen LogP contribution in [-0.4, -0.2) is 68.2 Å². The molecule has 2 aliphatic rings. The minimum absolute atomic E-state index is 0.242. The number of aromatic nitrogens is 4. The molecule has 8 heteroatoms. The van der Waals surface area contributed by atoms with E-state index >= 15 is 0 Å². The number of amides is 1. The van der Waals surface area contributed by atoms with Crippen molar-refractivity contribution in [1.82, 2.24) is 29.6 Å². The van der Waals surface area contributed by atoms with Gasteiger partial charge in [0, 0.05) is 43.9 Å². The lowest BCUT2D eigenvalue weighted by Gasteiger charge is -2.34. The molecule has 0 aliphatic carbocycles. The predicted octanol–water partition coefficient (Wildman–Crippen LogP) is 3.58. The van der Waals surface area contributed by atoms with Gasteiger partial charge in [-0.2, -0.15) is 5.10 Å². The summed E-state index contributed by atoms with van der Waals surface area (Å²) in [5.41, 5.74) is 4.66. The van der Waals surface area contributed by atoms with Crippen molar-refractivity contribution >= 4 is 11.6 Å². The fourth-order valence-electron chi connectivity index (χ4n) is 5.17. The average molecular weight is 437 g/mol. The second kappa shape index (κ2) is 9.02. The van der Waals surface area contributed by atoms with Crippen molar-refractivity contribution in [2.24, 2.45) is 0 Å². The van der Waals surface area contributed by atoms with Crippen molar-refractivity contribution in [3.63, 3.8) is 0 Å². The zero-order valence-electron chi connectivity index (χ0n) is 19.1. The summed E-state index contributed by atoms with van der Waals surface area (Å²) in [5.74, 6) is 1.23. The molecule has 0 unspecified atom stereocenters. The van der Waals surface area contributed by atoms with Crippen LogP contribution < -0.4 is 0 Å². The number of hydrogen-bond donors (Lipinski definition) is 0. The highest BCUT2D eigenvalue weighted by atomic mass is 16.5. The number of nitrogens with zero attached hydrogens (tertiary/aromatic N) is 6. The summed E-state index contributed by atoms with van der Waals surface area (Å²) in [6.45, 7) is 8.01. The van der Waals surface area contributed by atoms with Crippen molar-refractivity contribution in [3.8, 4) is 11.3 Å². The van der Waals surface area contributed by atoms with Gasteiger partial charge in [-0.3, -0.25) is 9.69 Å². The summed E-state index contributed by atoms with van der Waals surface area (Å²) in [4.78, 5) is 22.0. The molecule has 3 aromatic heterocycles. The van der Waals surface area contributed by atoms with Gasteiger partial charge in [0.2, 0.25) is 5.91 Å². The Labute approximate surface area is 188 Å². The van der Waals surface area contributed by atoms with Gasteiger partial charge in [-0.1, -0.05) is 18.0 Å². The number of hydrogen-bond acceptors (Lipinski definition) is 6. The van der Waals surface area contributed by atoms with E-state index in [0.717, 1.165) is 85.9 Å². The van der Waals surface area contributed by atoms with Crippen molar-refractivity contribution in [2.45, 2.75) is 58.3 Å². The van der Waals surface area contributed by atoms with Crippen LogP contribution in [0.5, 0.6) is 0 Å². The summed E-state index contributed by atoms with van der Waals surface area (Å²) < 4.78 is 7.58. The van der Waals surface area contributed by atoms with Crippen LogP contribution in [0.3, 0.4) is 0 Å². The molecule has 2 saturated heterocycles. The molecular formula is C24H32N6O2. The van der Waals surface area contributed by atoms with Gasteiger partial charge in [-0.05, 0) is 46.1 Å². The maximum absolute atomic E-state index is 13.0. The van der Waals surface area contributed by atoms with Gasteiger partial charge < -0.3 is 9.42 Å². The molecule has 170 valence electrons. The summed E-state index contributed by atoms with van der Waals surface area (Å²) >= 11 is 0. The molecule has 0 N–H and O–H groups in total. The van der Waals surface area contributed by atoms with Crippen LogP contribution in [0.1, 0.15) is 61.5 Å². The van der Waals surface area contributed by atoms with Crippen LogP contribution in [-0.2, 0) is 4.79 Å². The first-order valence-corrected chi connectivity index (χ1v) is 11.9. The highest BCUT2D eigenvalue weighted by Crippen LogP contribution is 2.35. The fourth-order valence-corrected chi connectivity index (χ4v) is 5.17. The van der Waals surface area contributed by atoms with Gasteiger partial charge in [0.15, 0.2) is 11.4 Å². The number of aryl methyl sites for hydroxylation is 2. The third-order valence-corrected chi connectivity index (χ3v) is 6.75. The van der Waals surface area contributed by atoms with Crippen LogP contribution in [0.4, 0.5) is 0 Å². The first kappa shape index (κ1) is 21.1. The third-order valence-electron chi connectivity index (χ3n) is 6.75.